The Labute approximate surface area is 120 Å². The standard InChI is InChI=1S/C16H23NO3/c1-9(2)15(16(19)20)17-14(18)8-13-11(4)6-10(3)7-12(13)5/h6-7,9,15H,8H2,1-5H3,(H,17,18)(H,19,20)/t15-/m0/s1. The van der Waals surface area contributed by atoms with Gasteiger partial charge in [-0.05, 0) is 43.4 Å². The summed E-state index contributed by atoms with van der Waals surface area (Å²) in [6, 6.07) is 3.23. The number of carboxylic acid groups (broad SMARTS) is 1. The van der Waals surface area contributed by atoms with E-state index in [2.05, 4.69) is 5.32 Å². The number of aryl methyl sites for hydroxylation is 3. The molecule has 0 bridgehead atoms. The number of nitrogens with one attached hydrogen (secondary N) is 1. The molecule has 4 nitrogen and oxygen atoms in total. The van der Waals surface area contributed by atoms with Crippen LogP contribution in [-0.2, 0) is 16.0 Å². The first-order valence-electron chi connectivity index (χ1n) is 6.81. The van der Waals surface area contributed by atoms with Crippen LogP contribution in [0.15, 0.2) is 12.1 Å². The van der Waals surface area contributed by atoms with E-state index in [-0.39, 0.29) is 18.2 Å². The first kappa shape index (κ1) is 16.2. The van der Waals surface area contributed by atoms with E-state index in [1.807, 2.05) is 32.9 Å². The summed E-state index contributed by atoms with van der Waals surface area (Å²) < 4.78 is 0. The molecule has 0 fully saturated rings. The van der Waals surface area contributed by atoms with E-state index in [1.54, 1.807) is 13.8 Å². The highest BCUT2D eigenvalue weighted by Crippen LogP contribution is 2.17. The average molecular weight is 277 g/mol. The fourth-order valence-corrected chi connectivity index (χ4v) is 2.39. The monoisotopic (exact) mass is 277 g/mol. The highest BCUT2D eigenvalue weighted by Gasteiger charge is 2.23. The van der Waals surface area contributed by atoms with E-state index in [1.165, 1.54) is 0 Å². The Bertz CT molecular complexity index is 497. The van der Waals surface area contributed by atoms with Gasteiger partial charge in [-0.3, -0.25) is 4.79 Å². The summed E-state index contributed by atoms with van der Waals surface area (Å²) in [5, 5.41) is 11.7. The summed E-state index contributed by atoms with van der Waals surface area (Å²) >= 11 is 0. The van der Waals surface area contributed by atoms with E-state index in [0.717, 1.165) is 22.3 Å². The minimum absolute atomic E-state index is 0.142. The normalized spacial score (nSPS) is 12.3. The van der Waals surface area contributed by atoms with Crippen molar-refractivity contribution >= 4 is 11.9 Å². The van der Waals surface area contributed by atoms with Crippen molar-refractivity contribution in [1.82, 2.24) is 5.32 Å². The number of amides is 1. The van der Waals surface area contributed by atoms with E-state index < -0.39 is 12.0 Å². The van der Waals surface area contributed by atoms with Crippen molar-refractivity contribution in [2.75, 3.05) is 0 Å². The van der Waals surface area contributed by atoms with E-state index in [9.17, 15) is 9.59 Å². The van der Waals surface area contributed by atoms with Gasteiger partial charge in [0.1, 0.15) is 6.04 Å². The van der Waals surface area contributed by atoms with Crippen LogP contribution in [0, 0.1) is 26.7 Å². The lowest BCUT2D eigenvalue weighted by Crippen LogP contribution is -2.45. The van der Waals surface area contributed by atoms with Crippen LogP contribution >= 0.6 is 0 Å². The molecule has 0 radical (unpaired) electrons. The maximum Gasteiger partial charge on any atom is 0.326 e. The van der Waals surface area contributed by atoms with Crippen molar-refractivity contribution in [3.8, 4) is 0 Å². The largest absolute Gasteiger partial charge is 0.480 e. The Morgan fingerprint density at radius 3 is 2.05 bits per heavy atom. The minimum Gasteiger partial charge on any atom is -0.480 e. The second kappa shape index (κ2) is 6.55. The van der Waals surface area contributed by atoms with Crippen molar-refractivity contribution in [2.45, 2.75) is 47.1 Å². The van der Waals surface area contributed by atoms with Gasteiger partial charge in [-0.1, -0.05) is 31.5 Å². The highest BCUT2D eigenvalue weighted by molar-refractivity contribution is 5.85. The van der Waals surface area contributed by atoms with Crippen LogP contribution in [0.5, 0.6) is 0 Å². The minimum atomic E-state index is -0.995. The smallest absolute Gasteiger partial charge is 0.326 e. The van der Waals surface area contributed by atoms with E-state index >= 15 is 0 Å². The van der Waals surface area contributed by atoms with Crippen LogP contribution in [0.25, 0.3) is 0 Å². The maximum absolute atomic E-state index is 12.0. The average Bonchev–Trinajstić information content (AvgIpc) is 2.29. The topological polar surface area (TPSA) is 66.4 Å². The Morgan fingerprint density at radius 2 is 1.65 bits per heavy atom. The fourth-order valence-electron chi connectivity index (χ4n) is 2.39. The Hall–Kier alpha value is -1.84. The van der Waals surface area contributed by atoms with Gasteiger partial charge in [-0.2, -0.15) is 0 Å². The van der Waals surface area contributed by atoms with Gasteiger partial charge in [0.25, 0.3) is 0 Å². The number of rotatable bonds is 5. The molecule has 1 rings (SSSR count). The number of hydrogen-bond donors (Lipinski definition) is 2. The third kappa shape index (κ3) is 4.08. The van der Waals surface area contributed by atoms with Crippen molar-refractivity contribution in [3.63, 3.8) is 0 Å². The van der Waals surface area contributed by atoms with Crippen molar-refractivity contribution in [3.05, 3.63) is 34.4 Å². The zero-order valence-electron chi connectivity index (χ0n) is 12.8. The molecular weight excluding hydrogens is 254 g/mol. The quantitative estimate of drug-likeness (QED) is 0.868. The van der Waals surface area contributed by atoms with E-state index in [4.69, 9.17) is 5.11 Å². The number of carbonyl (C=O) groups excluding carboxylic acids is 1. The first-order chi connectivity index (χ1) is 9.22. The molecule has 0 spiro atoms. The molecule has 0 aromatic heterocycles. The lowest BCUT2D eigenvalue weighted by atomic mass is 9.96. The molecule has 0 heterocycles. The number of carboxylic acids is 1. The van der Waals surface area contributed by atoms with Gasteiger partial charge in [0.2, 0.25) is 5.91 Å². The van der Waals surface area contributed by atoms with Gasteiger partial charge in [0.05, 0.1) is 6.42 Å². The summed E-state index contributed by atoms with van der Waals surface area (Å²) in [6.07, 6.45) is 0.217. The van der Waals surface area contributed by atoms with Gasteiger partial charge in [-0.25, -0.2) is 4.79 Å². The van der Waals surface area contributed by atoms with Crippen LogP contribution in [0.4, 0.5) is 0 Å². The zero-order chi connectivity index (χ0) is 15.4. The molecule has 0 aliphatic heterocycles. The van der Waals surface area contributed by atoms with Gasteiger partial charge in [-0.15, -0.1) is 0 Å². The summed E-state index contributed by atoms with van der Waals surface area (Å²) in [5.74, 6) is -1.39. The number of aliphatic carboxylic acids is 1. The molecule has 20 heavy (non-hydrogen) atoms. The molecule has 1 atom stereocenters. The number of hydrogen-bond acceptors (Lipinski definition) is 2. The van der Waals surface area contributed by atoms with Crippen molar-refractivity contribution in [1.29, 1.82) is 0 Å². The second-order valence-corrected chi connectivity index (χ2v) is 5.68. The van der Waals surface area contributed by atoms with Gasteiger partial charge in [0.15, 0.2) is 0 Å². The van der Waals surface area contributed by atoms with Crippen LogP contribution in [0.2, 0.25) is 0 Å². The predicted octanol–water partition coefficient (Wildman–Crippen LogP) is 2.38. The summed E-state index contributed by atoms with van der Waals surface area (Å²) in [7, 11) is 0. The first-order valence-corrected chi connectivity index (χ1v) is 6.81. The lowest BCUT2D eigenvalue weighted by Gasteiger charge is -2.19. The molecule has 1 amide bonds. The predicted molar refractivity (Wildman–Crippen MR) is 78.8 cm³/mol. The van der Waals surface area contributed by atoms with Crippen LogP contribution in [0.3, 0.4) is 0 Å². The fraction of sp³-hybridized carbons (Fsp3) is 0.500. The zero-order valence-corrected chi connectivity index (χ0v) is 12.8. The van der Waals surface area contributed by atoms with E-state index in [0.29, 0.717) is 0 Å². The molecule has 1 aromatic rings. The highest BCUT2D eigenvalue weighted by atomic mass is 16.4. The molecule has 0 saturated carbocycles. The van der Waals surface area contributed by atoms with Crippen LogP contribution in [0.1, 0.15) is 36.1 Å². The second-order valence-electron chi connectivity index (χ2n) is 5.68. The Balaban J connectivity index is 2.84. The number of benzene rings is 1. The third-order valence-electron chi connectivity index (χ3n) is 3.43. The summed E-state index contributed by atoms with van der Waals surface area (Å²) in [5.41, 5.74) is 4.26. The van der Waals surface area contributed by atoms with Gasteiger partial charge >= 0.3 is 5.97 Å². The SMILES string of the molecule is Cc1cc(C)c(CC(=O)N[C@H](C(=O)O)C(C)C)c(C)c1. The molecule has 0 aliphatic rings. The Kier molecular flexibility index (Phi) is 5.31. The Morgan fingerprint density at radius 1 is 1.15 bits per heavy atom. The maximum atomic E-state index is 12.0. The van der Waals surface area contributed by atoms with Crippen LogP contribution < -0.4 is 5.32 Å². The lowest BCUT2D eigenvalue weighted by molar-refractivity contribution is -0.143. The van der Waals surface area contributed by atoms with Gasteiger partial charge < -0.3 is 10.4 Å². The molecule has 1 aromatic carbocycles. The molecule has 0 aliphatic carbocycles. The summed E-state index contributed by atoms with van der Waals surface area (Å²) in [4.78, 5) is 23.1. The van der Waals surface area contributed by atoms with Crippen molar-refractivity contribution < 1.29 is 14.7 Å². The molecule has 0 unspecified atom stereocenters. The molecular formula is C16H23NO3. The molecule has 0 saturated heterocycles. The van der Waals surface area contributed by atoms with Gasteiger partial charge in [0, 0.05) is 0 Å². The number of carbonyl (C=O) groups is 2. The van der Waals surface area contributed by atoms with Crippen molar-refractivity contribution in [2.24, 2.45) is 5.92 Å². The molecule has 110 valence electrons. The van der Waals surface area contributed by atoms with Crippen LogP contribution in [-0.4, -0.2) is 23.0 Å². The summed E-state index contributed by atoms with van der Waals surface area (Å²) in [6.45, 7) is 9.52. The molecule has 4 heteroatoms. The third-order valence-corrected chi connectivity index (χ3v) is 3.43. The molecule has 2 N–H and O–H groups in total.